The molecule has 0 spiro atoms. The number of nitrogens with zero attached hydrogens (tertiary/aromatic N) is 4. The van der Waals surface area contributed by atoms with E-state index < -0.39 is 39.5 Å². The van der Waals surface area contributed by atoms with Gasteiger partial charge in [-0.05, 0) is 12.1 Å². The van der Waals surface area contributed by atoms with Crippen molar-refractivity contribution in [2.75, 3.05) is 7.11 Å². The highest BCUT2D eigenvalue weighted by molar-refractivity contribution is 6.31. The lowest BCUT2D eigenvalue weighted by Gasteiger charge is -2.49. The van der Waals surface area contributed by atoms with Gasteiger partial charge in [-0.15, -0.1) is 0 Å². The van der Waals surface area contributed by atoms with Gasteiger partial charge >= 0.3 is 0 Å². The normalized spacial score (nSPS) is 28.6. The maximum atomic E-state index is 11.4. The van der Waals surface area contributed by atoms with E-state index in [-0.39, 0.29) is 16.3 Å². The molecule has 0 radical (unpaired) electrons. The number of nitrogens with one attached hydrogen (secondary N) is 1. The third-order valence-corrected chi connectivity index (χ3v) is 6.78. The Kier molecular flexibility index (Phi) is 5.21. The minimum atomic E-state index is -2.36. The van der Waals surface area contributed by atoms with Crippen molar-refractivity contribution in [1.82, 2.24) is 0 Å². The molecule has 2 aromatic rings. The van der Waals surface area contributed by atoms with Crippen LogP contribution in [0.1, 0.15) is 30.1 Å². The second-order valence-corrected chi connectivity index (χ2v) is 8.44. The van der Waals surface area contributed by atoms with Crippen LogP contribution in [0, 0.1) is 60.3 Å². The number of ether oxygens (including phenoxy) is 3. The molecule has 2 fully saturated rings. The number of nitro benzene ring substituents is 1. The van der Waals surface area contributed by atoms with E-state index >= 15 is 0 Å². The molecule has 2 aromatic carbocycles. The molecule has 4 atom stereocenters. The summed E-state index contributed by atoms with van der Waals surface area (Å²) in [5.74, 6) is -3.11. The molecule has 2 saturated heterocycles. The molecule has 4 rings (SSSR count). The Morgan fingerprint density at radius 1 is 1.15 bits per heavy atom. The summed E-state index contributed by atoms with van der Waals surface area (Å²) in [6.07, 6.45) is -1.55. The molecule has 2 aliphatic heterocycles. The lowest BCUT2D eigenvalue weighted by atomic mass is 9.52. The Bertz CT molecular complexity index is 1340. The van der Waals surface area contributed by atoms with Gasteiger partial charge in [-0.2, -0.15) is 15.8 Å². The van der Waals surface area contributed by atoms with Gasteiger partial charge in [0.05, 0.1) is 36.2 Å². The molecule has 0 aromatic heterocycles. The van der Waals surface area contributed by atoms with Gasteiger partial charge in [-0.25, -0.2) is 0 Å². The molecule has 11 heteroatoms. The standard InChI is InChI=1S/C23H16ClN5O5/c1-21-18(14-5-3-4-6-17(14)32-2)23(12-27,20(28)34-21)22(10-25,11-26)19(33-21)15-9-13(29(30)31)7-8-16(15)24/h3-9,18-19,28H,1-2H3. The average Bonchev–Trinajstić information content (AvgIpc) is 3.01. The molecule has 10 nitrogen and oxygen atoms in total. The van der Waals surface area contributed by atoms with Crippen LogP contribution in [0.5, 0.6) is 5.75 Å². The molecule has 0 amide bonds. The van der Waals surface area contributed by atoms with Gasteiger partial charge < -0.3 is 14.2 Å². The summed E-state index contributed by atoms with van der Waals surface area (Å²) < 4.78 is 17.4. The predicted octanol–water partition coefficient (Wildman–Crippen LogP) is 4.38. The Morgan fingerprint density at radius 3 is 2.41 bits per heavy atom. The van der Waals surface area contributed by atoms with Crippen molar-refractivity contribution in [3.05, 3.63) is 68.7 Å². The molecule has 2 heterocycles. The van der Waals surface area contributed by atoms with Crippen LogP contribution in [0.25, 0.3) is 0 Å². The van der Waals surface area contributed by atoms with Gasteiger partial charge in [-0.3, -0.25) is 15.5 Å². The fraction of sp³-hybridized carbons (Fsp3) is 0.304. The number of para-hydroxylation sites is 1. The Morgan fingerprint density at radius 2 is 1.82 bits per heavy atom. The van der Waals surface area contributed by atoms with E-state index in [2.05, 4.69) is 0 Å². The number of nitriles is 3. The zero-order valence-electron chi connectivity index (χ0n) is 17.9. The number of methoxy groups -OCH3 is 1. The highest BCUT2D eigenvalue weighted by Crippen LogP contribution is 2.70. The minimum absolute atomic E-state index is 0.0103. The second-order valence-electron chi connectivity index (χ2n) is 8.03. The van der Waals surface area contributed by atoms with E-state index in [9.17, 15) is 25.9 Å². The SMILES string of the molecule is COc1ccccc1C1C2(C)OC(=N)C1(C#N)C(C#N)(C#N)C(c1cc([N+](=O)[O-])ccc1Cl)O2. The van der Waals surface area contributed by atoms with E-state index in [0.717, 1.165) is 6.07 Å². The largest absolute Gasteiger partial charge is 0.496 e. The van der Waals surface area contributed by atoms with E-state index in [0.29, 0.717) is 11.3 Å². The van der Waals surface area contributed by atoms with Gasteiger partial charge in [0.1, 0.15) is 11.9 Å². The summed E-state index contributed by atoms with van der Waals surface area (Å²) in [6.45, 7) is 1.48. The first-order valence-corrected chi connectivity index (χ1v) is 10.3. The first-order valence-electron chi connectivity index (χ1n) is 9.92. The van der Waals surface area contributed by atoms with Crippen molar-refractivity contribution in [2.24, 2.45) is 10.8 Å². The van der Waals surface area contributed by atoms with Crippen LogP contribution in [-0.4, -0.2) is 23.7 Å². The fourth-order valence-corrected chi connectivity index (χ4v) is 5.20. The molecular weight excluding hydrogens is 462 g/mol. The lowest BCUT2D eigenvalue weighted by Crippen LogP contribution is -2.57. The average molecular weight is 478 g/mol. The van der Waals surface area contributed by atoms with Crippen LogP contribution in [0.2, 0.25) is 5.02 Å². The first kappa shape index (κ1) is 23.0. The number of rotatable bonds is 4. The van der Waals surface area contributed by atoms with Gasteiger partial charge in [0.25, 0.3) is 5.69 Å². The molecule has 34 heavy (non-hydrogen) atoms. The summed E-state index contributed by atoms with van der Waals surface area (Å²) in [5.41, 5.74) is -4.51. The van der Waals surface area contributed by atoms with Crippen molar-refractivity contribution < 1.29 is 19.1 Å². The molecule has 0 saturated carbocycles. The van der Waals surface area contributed by atoms with E-state index in [4.69, 9.17) is 31.2 Å². The highest BCUT2D eigenvalue weighted by atomic mass is 35.5. The monoisotopic (exact) mass is 477 g/mol. The summed E-state index contributed by atoms with van der Waals surface area (Å²) in [4.78, 5) is 10.7. The molecule has 0 aliphatic carbocycles. The van der Waals surface area contributed by atoms with Crippen molar-refractivity contribution in [3.63, 3.8) is 0 Å². The number of non-ortho nitro benzene ring substituents is 1. The third kappa shape index (κ3) is 2.72. The zero-order valence-corrected chi connectivity index (χ0v) is 18.7. The topological polar surface area (TPSA) is 166 Å². The Hall–Kier alpha value is -4.17. The van der Waals surface area contributed by atoms with Gasteiger partial charge in [-0.1, -0.05) is 29.8 Å². The summed E-state index contributed by atoms with van der Waals surface area (Å²) in [7, 11) is 1.42. The number of halogens is 1. The van der Waals surface area contributed by atoms with Gasteiger partial charge in [0.15, 0.2) is 5.41 Å². The van der Waals surface area contributed by atoms with Crippen LogP contribution in [0.15, 0.2) is 42.5 Å². The second kappa shape index (κ2) is 7.71. The lowest BCUT2D eigenvalue weighted by molar-refractivity contribution is -0.385. The number of hydrogen-bond donors (Lipinski definition) is 1. The van der Waals surface area contributed by atoms with E-state index in [1.165, 1.54) is 26.2 Å². The Labute approximate surface area is 199 Å². The van der Waals surface area contributed by atoms with Crippen LogP contribution in [-0.2, 0) is 9.47 Å². The predicted molar refractivity (Wildman–Crippen MR) is 117 cm³/mol. The zero-order chi connectivity index (χ0) is 24.9. The molecule has 2 aliphatic rings. The van der Waals surface area contributed by atoms with Crippen LogP contribution < -0.4 is 4.74 Å². The minimum Gasteiger partial charge on any atom is -0.496 e. The molecular formula is C23H16ClN5O5. The maximum absolute atomic E-state index is 11.4. The van der Waals surface area contributed by atoms with Crippen LogP contribution in [0.4, 0.5) is 5.69 Å². The first-order chi connectivity index (χ1) is 16.2. The highest BCUT2D eigenvalue weighted by Gasteiger charge is 2.80. The summed E-state index contributed by atoms with van der Waals surface area (Å²) >= 11 is 6.34. The van der Waals surface area contributed by atoms with Crippen molar-refractivity contribution in [3.8, 4) is 24.0 Å². The van der Waals surface area contributed by atoms with Crippen molar-refractivity contribution >= 4 is 23.2 Å². The number of fused-ring (bicyclic) bond motifs is 2. The summed E-state index contributed by atoms with van der Waals surface area (Å²) in [5, 5.41) is 51.3. The Balaban J connectivity index is 2.07. The van der Waals surface area contributed by atoms with Crippen LogP contribution in [0.3, 0.4) is 0 Å². The van der Waals surface area contributed by atoms with Gasteiger partial charge in [0.2, 0.25) is 17.1 Å². The maximum Gasteiger partial charge on any atom is 0.269 e. The molecule has 1 N–H and O–H groups in total. The number of hydrogen-bond acceptors (Lipinski definition) is 9. The van der Waals surface area contributed by atoms with Crippen LogP contribution >= 0.6 is 11.6 Å². The molecule has 2 bridgehead atoms. The smallest absolute Gasteiger partial charge is 0.269 e. The van der Waals surface area contributed by atoms with Crippen molar-refractivity contribution in [1.29, 1.82) is 21.2 Å². The third-order valence-electron chi connectivity index (χ3n) is 6.44. The number of nitro groups is 1. The van der Waals surface area contributed by atoms with Gasteiger partial charge in [0, 0.05) is 35.2 Å². The fourth-order valence-electron chi connectivity index (χ4n) is 4.98. The molecule has 170 valence electrons. The number of benzene rings is 2. The van der Waals surface area contributed by atoms with E-state index in [1.807, 2.05) is 18.2 Å². The molecule has 4 unspecified atom stereocenters. The summed E-state index contributed by atoms with van der Waals surface area (Å²) in [6, 6.07) is 16.0. The quantitative estimate of drug-likeness (QED) is 0.500. The van der Waals surface area contributed by atoms with E-state index in [1.54, 1.807) is 24.3 Å². The van der Waals surface area contributed by atoms with Crippen molar-refractivity contribution in [2.45, 2.75) is 24.7 Å².